The number of ether oxygens (including phenoxy) is 1. The first-order valence-corrected chi connectivity index (χ1v) is 13.6. The fourth-order valence-corrected chi connectivity index (χ4v) is 4.98. The van der Waals surface area contributed by atoms with Gasteiger partial charge in [0.05, 0.1) is 35.2 Å². The highest BCUT2D eigenvalue weighted by Gasteiger charge is 2.31. The van der Waals surface area contributed by atoms with Crippen molar-refractivity contribution in [3.8, 4) is 11.4 Å². The Morgan fingerprint density at radius 1 is 0.947 bits per heavy atom. The maximum Gasteiger partial charge on any atom is 0.266 e. The number of rotatable bonds is 11. The average molecular weight is 512 g/mol. The molecule has 0 aliphatic heterocycles. The number of para-hydroxylation sites is 3. The van der Waals surface area contributed by atoms with Crippen molar-refractivity contribution in [1.82, 2.24) is 14.5 Å². The van der Waals surface area contributed by atoms with Crippen LogP contribution in [0, 0.1) is 0 Å². The van der Waals surface area contributed by atoms with Crippen LogP contribution in [0.5, 0.6) is 5.75 Å². The quantitative estimate of drug-likeness (QED) is 0.226. The topological polar surface area (TPSA) is 64.4 Å². The van der Waals surface area contributed by atoms with Gasteiger partial charge in [0, 0.05) is 6.54 Å². The van der Waals surface area contributed by atoms with Crippen molar-refractivity contribution in [2.45, 2.75) is 58.9 Å². The number of nitrogens with zero attached hydrogens (tertiary/aromatic N) is 3. The second-order valence-corrected chi connectivity index (χ2v) is 9.46. The fraction of sp³-hybridized carbons (Fsp3) is 0.344. The van der Waals surface area contributed by atoms with Gasteiger partial charge in [0.15, 0.2) is 0 Å². The first-order chi connectivity index (χ1) is 18.5. The molecule has 6 nitrogen and oxygen atoms in total. The summed E-state index contributed by atoms with van der Waals surface area (Å²) >= 11 is 0. The van der Waals surface area contributed by atoms with Crippen molar-refractivity contribution >= 4 is 16.8 Å². The highest BCUT2D eigenvalue weighted by Crippen LogP contribution is 2.31. The van der Waals surface area contributed by atoms with Crippen LogP contribution in [0.15, 0.2) is 83.7 Å². The molecular weight excluding hydrogens is 474 g/mol. The Labute approximate surface area is 224 Å². The predicted octanol–water partition coefficient (Wildman–Crippen LogP) is 6.67. The van der Waals surface area contributed by atoms with E-state index < -0.39 is 6.04 Å². The van der Waals surface area contributed by atoms with Gasteiger partial charge in [-0.1, -0.05) is 74.9 Å². The molecule has 1 amide bonds. The number of benzene rings is 3. The summed E-state index contributed by atoms with van der Waals surface area (Å²) in [5, 5.41) is 0.525. The smallest absolute Gasteiger partial charge is 0.266 e. The first-order valence-electron chi connectivity index (χ1n) is 13.6. The van der Waals surface area contributed by atoms with E-state index in [1.807, 2.05) is 98.5 Å². The SMILES string of the molecule is CCCCN(C(=O)C(CC)c1ccccc1)C(C)c1nc2ccccc2c(=O)n1-c1ccccc1OCC. The third kappa shape index (κ3) is 5.49. The number of fused-ring (bicyclic) bond motifs is 1. The van der Waals surface area contributed by atoms with Crippen molar-refractivity contribution in [2.75, 3.05) is 13.2 Å². The fourth-order valence-electron chi connectivity index (χ4n) is 4.98. The van der Waals surface area contributed by atoms with Gasteiger partial charge in [-0.05, 0) is 56.5 Å². The molecule has 0 N–H and O–H groups in total. The number of hydrogen-bond donors (Lipinski definition) is 0. The minimum Gasteiger partial charge on any atom is -0.492 e. The molecular formula is C32H37N3O3. The van der Waals surface area contributed by atoms with Crippen LogP contribution in [0.2, 0.25) is 0 Å². The zero-order valence-corrected chi connectivity index (χ0v) is 22.8. The zero-order chi connectivity index (χ0) is 27.1. The van der Waals surface area contributed by atoms with Gasteiger partial charge >= 0.3 is 0 Å². The second kappa shape index (κ2) is 12.5. The largest absolute Gasteiger partial charge is 0.492 e. The molecule has 6 heteroatoms. The summed E-state index contributed by atoms with van der Waals surface area (Å²) in [5.74, 6) is 0.900. The van der Waals surface area contributed by atoms with Crippen LogP contribution in [-0.2, 0) is 4.79 Å². The van der Waals surface area contributed by atoms with Crippen LogP contribution in [-0.4, -0.2) is 33.5 Å². The highest BCUT2D eigenvalue weighted by molar-refractivity contribution is 5.84. The molecule has 38 heavy (non-hydrogen) atoms. The Hall–Kier alpha value is -3.93. The normalized spacial score (nSPS) is 12.7. The summed E-state index contributed by atoms with van der Waals surface area (Å²) in [5.41, 5.74) is 2.06. The van der Waals surface area contributed by atoms with Crippen LogP contribution in [0.25, 0.3) is 16.6 Å². The lowest BCUT2D eigenvalue weighted by Crippen LogP contribution is -2.40. The van der Waals surface area contributed by atoms with E-state index >= 15 is 0 Å². The lowest BCUT2D eigenvalue weighted by molar-refractivity contribution is -0.135. The first kappa shape index (κ1) is 27.1. The van der Waals surface area contributed by atoms with Gasteiger partial charge in [-0.3, -0.25) is 14.2 Å². The molecule has 4 aromatic rings. The molecule has 198 valence electrons. The minimum atomic E-state index is -0.446. The van der Waals surface area contributed by atoms with E-state index in [9.17, 15) is 9.59 Å². The van der Waals surface area contributed by atoms with Gasteiger partial charge in [-0.15, -0.1) is 0 Å². The van der Waals surface area contributed by atoms with E-state index in [1.165, 1.54) is 0 Å². The summed E-state index contributed by atoms with van der Waals surface area (Å²) in [7, 11) is 0. The monoisotopic (exact) mass is 511 g/mol. The molecule has 2 atom stereocenters. The van der Waals surface area contributed by atoms with Crippen molar-refractivity contribution in [3.63, 3.8) is 0 Å². The maximum absolute atomic E-state index is 14.1. The van der Waals surface area contributed by atoms with E-state index in [2.05, 4.69) is 6.92 Å². The molecule has 0 bridgehead atoms. The molecule has 0 saturated heterocycles. The summed E-state index contributed by atoms with van der Waals surface area (Å²) in [4.78, 5) is 35.0. The number of aromatic nitrogens is 2. The van der Waals surface area contributed by atoms with E-state index in [1.54, 1.807) is 10.6 Å². The highest BCUT2D eigenvalue weighted by atomic mass is 16.5. The molecule has 0 aliphatic rings. The van der Waals surface area contributed by atoms with Gasteiger partial charge in [0.25, 0.3) is 5.56 Å². The van der Waals surface area contributed by atoms with Crippen molar-refractivity contribution in [1.29, 1.82) is 0 Å². The van der Waals surface area contributed by atoms with E-state index in [4.69, 9.17) is 9.72 Å². The van der Waals surface area contributed by atoms with E-state index in [-0.39, 0.29) is 17.4 Å². The van der Waals surface area contributed by atoms with E-state index in [0.717, 1.165) is 18.4 Å². The van der Waals surface area contributed by atoms with Gasteiger partial charge in [0.2, 0.25) is 5.91 Å². The Bertz CT molecular complexity index is 1430. The lowest BCUT2D eigenvalue weighted by Gasteiger charge is -2.33. The third-order valence-electron chi connectivity index (χ3n) is 6.99. The summed E-state index contributed by atoms with van der Waals surface area (Å²) in [6.45, 7) is 9.09. The number of amides is 1. The maximum atomic E-state index is 14.1. The Balaban J connectivity index is 1.91. The second-order valence-electron chi connectivity index (χ2n) is 9.46. The molecule has 0 spiro atoms. The van der Waals surface area contributed by atoms with Crippen molar-refractivity contribution < 1.29 is 9.53 Å². The zero-order valence-electron chi connectivity index (χ0n) is 22.8. The van der Waals surface area contributed by atoms with Gasteiger partial charge in [0.1, 0.15) is 11.6 Å². The molecule has 0 radical (unpaired) electrons. The Kier molecular flexibility index (Phi) is 8.95. The van der Waals surface area contributed by atoms with Crippen molar-refractivity contribution in [2.24, 2.45) is 0 Å². The van der Waals surface area contributed by atoms with Crippen LogP contribution in [0.1, 0.15) is 70.3 Å². The Morgan fingerprint density at radius 2 is 1.63 bits per heavy atom. The summed E-state index contributed by atoms with van der Waals surface area (Å²) in [6.07, 6.45) is 2.49. The molecule has 0 fully saturated rings. The van der Waals surface area contributed by atoms with Gasteiger partial charge in [-0.25, -0.2) is 4.98 Å². The van der Waals surface area contributed by atoms with Crippen LogP contribution in [0.4, 0.5) is 0 Å². The Morgan fingerprint density at radius 3 is 2.34 bits per heavy atom. The standard InChI is InChI=1S/C32H37N3O3/c1-5-8-22-34(31(36)25(6-2)24-16-10-9-11-17-24)23(4)30-33-27-19-13-12-18-26(27)32(37)35(30)28-20-14-15-21-29(28)38-7-3/h9-21,23,25H,5-8,22H2,1-4H3. The average Bonchev–Trinajstić information content (AvgIpc) is 2.95. The van der Waals surface area contributed by atoms with Crippen molar-refractivity contribution in [3.05, 3.63) is 101 Å². The van der Waals surface area contributed by atoms with Gasteiger partial charge in [-0.2, -0.15) is 0 Å². The molecule has 2 unspecified atom stereocenters. The lowest BCUT2D eigenvalue weighted by atomic mass is 9.94. The summed E-state index contributed by atoms with van der Waals surface area (Å²) in [6, 6.07) is 24.4. The number of carbonyl (C=O) groups is 1. The van der Waals surface area contributed by atoms with Crippen LogP contribution in [0.3, 0.4) is 0 Å². The van der Waals surface area contributed by atoms with Gasteiger partial charge < -0.3 is 9.64 Å². The number of carbonyl (C=O) groups excluding carboxylic acids is 1. The molecule has 1 heterocycles. The minimum absolute atomic E-state index is 0.0479. The molecule has 3 aromatic carbocycles. The number of unbranched alkanes of at least 4 members (excludes halogenated alkanes) is 1. The third-order valence-corrected chi connectivity index (χ3v) is 6.99. The predicted molar refractivity (Wildman–Crippen MR) is 153 cm³/mol. The van der Waals surface area contributed by atoms with Crippen LogP contribution >= 0.6 is 0 Å². The van der Waals surface area contributed by atoms with Crippen LogP contribution < -0.4 is 10.3 Å². The molecule has 1 aromatic heterocycles. The molecule has 0 saturated carbocycles. The summed E-state index contributed by atoms with van der Waals surface area (Å²) < 4.78 is 7.54. The molecule has 0 aliphatic carbocycles. The number of hydrogen-bond acceptors (Lipinski definition) is 4. The van der Waals surface area contributed by atoms with E-state index in [0.29, 0.717) is 47.7 Å². The molecule has 4 rings (SSSR count).